The van der Waals surface area contributed by atoms with Gasteiger partial charge in [0.2, 0.25) is 0 Å². The molecule has 1 aromatic rings. The van der Waals surface area contributed by atoms with Gasteiger partial charge in [0.25, 0.3) is 0 Å². The Morgan fingerprint density at radius 3 is 2.36 bits per heavy atom. The Morgan fingerprint density at radius 2 is 1.91 bits per heavy atom. The van der Waals surface area contributed by atoms with Gasteiger partial charge in [0, 0.05) is 18.0 Å². The van der Waals surface area contributed by atoms with E-state index in [1.807, 2.05) is 0 Å². The van der Waals surface area contributed by atoms with Crippen LogP contribution in [0.15, 0.2) is 24.3 Å². The molecule has 0 spiro atoms. The summed E-state index contributed by atoms with van der Waals surface area (Å²) < 4.78 is 5.16. The topological polar surface area (TPSA) is 75.6 Å². The van der Waals surface area contributed by atoms with Crippen LogP contribution in [0.3, 0.4) is 0 Å². The lowest BCUT2D eigenvalue weighted by Crippen LogP contribution is -2.27. The van der Waals surface area contributed by atoms with E-state index >= 15 is 0 Å². The number of anilines is 1. The van der Waals surface area contributed by atoms with Crippen molar-refractivity contribution in [2.75, 3.05) is 5.32 Å². The lowest BCUT2D eigenvalue weighted by molar-refractivity contribution is -0.137. The molecule has 5 nitrogen and oxygen atoms in total. The van der Waals surface area contributed by atoms with Gasteiger partial charge in [0.15, 0.2) is 0 Å². The summed E-state index contributed by atoms with van der Waals surface area (Å²) in [5.74, 6) is 1.36. The zero-order valence-electron chi connectivity index (χ0n) is 13.1. The van der Waals surface area contributed by atoms with Crippen LogP contribution in [0.5, 0.6) is 0 Å². The van der Waals surface area contributed by atoms with Crippen LogP contribution in [-0.4, -0.2) is 22.8 Å². The molecular formula is C17H21NO4. The minimum Gasteiger partial charge on any atom is -0.481 e. The zero-order valence-corrected chi connectivity index (χ0v) is 13.1. The van der Waals surface area contributed by atoms with E-state index in [1.54, 1.807) is 45.0 Å². The molecule has 0 saturated heterocycles. The highest BCUT2D eigenvalue weighted by Crippen LogP contribution is 2.24. The molecule has 0 unspecified atom stereocenters. The van der Waals surface area contributed by atoms with E-state index in [1.165, 1.54) is 0 Å². The second kappa shape index (κ2) is 7.51. The van der Waals surface area contributed by atoms with Crippen molar-refractivity contribution in [1.29, 1.82) is 0 Å². The predicted octanol–water partition coefficient (Wildman–Crippen LogP) is 3.62. The summed E-state index contributed by atoms with van der Waals surface area (Å²) in [5, 5.41) is 11.5. The molecule has 0 saturated carbocycles. The van der Waals surface area contributed by atoms with Crippen LogP contribution in [0.2, 0.25) is 0 Å². The van der Waals surface area contributed by atoms with Gasteiger partial charge in [-0.1, -0.05) is 12.1 Å². The maximum Gasteiger partial charge on any atom is 0.412 e. The first-order valence-corrected chi connectivity index (χ1v) is 6.96. The largest absolute Gasteiger partial charge is 0.481 e. The number of carboxylic acids is 1. The molecule has 0 aromatic heterocycles. The smallest absolute Gasteiger partial charge is 0.412 e. The second-order valence-corrected chi connectivity index (χ2v) is 5.95. The Labute approximate surface area is 130 Å². The van der Waals surface area contributed by atoms with Crippen molar-refractivity contribution >= 4 is 17.7 Å². The molecule has 22 heavy (non-hydrogen) atoms. The fourth-order valence-electron chi connectivity index (χ4n) is 1.92. The third kappa shape index (κ3) is 6.31. The van der Waals surface area contributed by atoms with Crippen molar-refractivity contribution in [3.63, 3.8) is 0 Å². The van der Waals surface area contributed by atoms with Crippen molar-refractivity contribution in [1.82, 2.24) is 0 Å². The molecule has 0 aliphatic rings. The molecule has 1 atom stereocenters. The maximum absolute atomic E-state index is 11.7. The highest BCUT2D eigenvalue weighted by Gasteiger charge is 2.17. The Morgan fingerprint density at radius 1 is 1.32 bits per heavy atom. The van der Waals surface area contributed by atoms with Gasteiger partial charge in [-0.15, -0.1) is 12.3 Å². The van der Waals surface area contributed by atoms with Crippen LogP contribution >= 0.6 is 0 Å². The van der Waals surface area contributed by atoms with Gasteiger partial charge in [0.05, 0.1) is 6.42 Å². The number of nitrogens with one attached hydrogen (secondary N) is 1. The summed E-state index contributed by atoms with van der Waals surface area (Å²) in [4.78, 5) is 22.5. The number of hydrogen-bond donors (Lipinski definition) is 2. The highest BCUT2D eigenvalue weighted by atomic mass is 16.6. The third-order valence-electron chi connectivity index (χ3n) is 2.81. The molecule has 0 aliphatic heterocycles. The molecule has 1 amide bonds. The number of hydrogen-bond acceptors (Lipinski definition) is 3. The predicted molar refractivity (Wildman–Crippen MR) is 84.7 cm³/mol. The number of carboxylic acid groups (broad SMARTS) is 1. The first kappa shape index (κ1) is 17.6. The molecule has 5 heteroatoms. The van der Waals surface area contributed by atoms with E-state index in [0.29, 0.717) is 12.1 Å². The summed E-state index contributed by atoms with van der Waals surface area (Å²) >= 11 is 0. The Balaban J connectivity index is 2.75. The quantitative estimate of drug-likeness (QED) is 0.815. The van der Waals surface area contributed by atoms with Gasteiger partial charge in [0.1, 0.15) is 5.60 Å². The normalized spacial score (nSPS) is 12.1. The lowest BCUT2D eigenvalue weighted by atomic mass is 9.93. The number of ether oxygens (including phenoxy) is 1. The minimum absolute atomic E-state index is 0.0248. The van der Waals surface area contributed by atoms with Crippen LogP contribution in [0.1, 0.15) is 45.1 Å². The third-order valence-corrected chi connectivity index (χ3v) is 2.81. The lowest BCUT2D eigenvalue weighted by Gasteiger charge is -2.20. The first-order chi connectivity index (χ1) is 10.2. The summed E-state index contributed by atoms with van der Waals surface area (Å²) in [5.41, 5.74) is 0.839. The van der Waals surface area contributed by atoms with Crippen molar-refractivity contribution in [2.45, 2.75) is 45.1 Å². The number of benzene rings is 1. The van der Waals surface area contributed by atoms with Gasteiger partial charge in [-0.3, -0.25) is 10.1 Å². The van der Waals surface area contributed by atoms with E-state index < -0.39 is 17.7 Å². The van der Waals surface area contributed by atoms with E-state index in [0.717, 1.165) is 5.56 Å². The van der Waals surface area contributed by atoms with E-state index in [4.69, 9.17) is 16.3 Å². The highest BCUT2D eigenvalue weighted by molar-refractivity contribution is 5.84. The molecule has 0 radical (unpaired) electrons. The van der Waals surface area contributed by atoms with Crippen LogP contribution in [0.25, 0.3) is 0 Å². The standard InChI is InChI=1S/C17H21NO4/c1-5-6-13(11-15(19)20)12-7-9-14(10-8-12)18-16(21)22-17(2,3)4/h1,7-10,13H,6,11H2,2-4H3,(H,18,21)(H,19,20)/t13-/m1/s1. The summed E-state index contributed by atoms with van der Waals surface area (Å²) in [6.45, 7) is 5.35. The monoisotopic (exact) mass is 303 g/mol. The fraction of sp³-hybridized carbons (Fsp3) is 0.412. The van der Waals surface area contributed by atoms with Gasteiger partial charge in [-0.05, 0) is 38.5 Å². The average Bonchev–Trinajstić information content (AvgIpc) is 2.36. The van der Waals surface area contributed by atoms with E-state index in [2.05, 4.69) is 11.2 Å². The molecule has 0 bridgehead atoms. The van der Waals surface area contributed by atoms with Gasteiger partial charge >= 0.3 is 12.1 Å². The SMILES string of the molecule is C#CC[C@H](CC(=O)O)c1ccc(NC(=O)OC(C)(C)C)cc1. The van der Waals surface area contributed by atoms with E-state index in [-0.39, 0.29) is 12.3 Å². The van der Waals surface area contributed by atoms with Crippen LogP contribution in [0, 0.1) is 12.3 Å². The van der Waals surface area contributed by atoms with Crippen LogP contribution in [-0.2, 0) is 9.53 Å². The summed E-state index contributed by atoms with van der Waals surface area (Å²) in [6, 6.07) is 6.92. The van der Waals surface area contributed by atoms with Crippen molar-refractivity contribution in [2.24, 2.45) is 0 Å². The molecule has 0 fully saturated rings. The number of aliphatic carboxylic acids is 1. The number of amides is 1. The first-order valence-electron chi connectivity index (χ1n) is 6.96. The number of rotatable bonds is 5. The number of carbonyl (C=O) groups is 2. The number of carbonyl (C=O) groups excluding carboxylic acids is 1. The van der Waals surface area contributed by atoms with Crippen molar-refractivity contribution in [3.05, 3.63) is 29.8 Å². The number of terminal acetylenes is 1. The van der Waals surface area contributed by atoms with Gasteiger partial charge in [-0.2, -0.15) is 0 Å². The van der Waals surface area contributed by atoms with Crippen molar-refractivity contribution in [3.8, 4) is 12.3 Å². The van der Waals surface area contributed by atoms with E-state index in [9.17, 15) is 9.59 Å². The Kier molecular flexibility index (Phi) is 6.00. The van der Waals surface area contributed by atoms with Crippen LogP contribution < -0.4 is 5.32 Å². The molecule has 1 aromatic carbocycles. The molecule has 2 N–H and O–H groups in total. The second-order valence-electron chi connectivity index (χ2n) is 5.95. The molecular weight excluding hydrogens is 282 g/mol. The maximum atomic E-state index is 11.7. The summed E-state index contributed by atoms with van der Waals surface area (Å²) in [6.07, 6.45) is 5.07. The molecule has 118 valence electrons. The minimum atomic E-state index is -0.892. The van der Waals surface area contributed by atoms with Gasteiger partial charge < -0.3 is 9.84 Å². The average molecular weight is 303 g/mol. The van der Waals surface area contributed by atoms with Crippen LogP contribution in [0.4, 0.5) is 10.5 Å². The zero-order chi connectivity index (χ0) is 16.8. The molecule has 0 heterocycles. The molecule has 1 rings (SSSR count). The fourth-order valence-corrected chi connectivity index (χ4v) is 1.92. The van der Waals surface area contributed by atoms with Crippen molar-refractivity contribution < 1.29 is 19.4 Å². The summed E-state index contributed by atoms with van der Waals surface area (Å²) in [7, 11) is 0. The Bertz CT molecular complexity index is 564. The molecule has 0 aliphatic carbocycles. The Hall–Kier alpha value is -2.48. The van der Waals surface area contributed by atoms with Gasteiger partial charge in [-0.25, -0.2) is 4.79 Å².